The molecule has 6 heteroatoms. The second-order valence-electron chi connectivity index (χ2n) is 4.22. The molecule has 0 radical (unpaired) electrons. The molecule has 0 aromatic heterocycles. The summed E-state index contributed by atoms with van der Waals surface area (Å²) in [5.41, 5.74) is 2.11. The highest BCUT2D eigenvalue weighted by molar-refractivity contribution is 7.91. The monoisotopic (exact) mass is 310 g/mol. The van der Waals surface area contributed by atoms with Gasteiger partial charge in [0.05, 0.1) is 4.90 Å². The topological polar surface area (TPSA) is 52.6 Å². The summed E-state index contributed by atoms with van der Waals surface area (Å²) in [5.74, 6) is 0.398. The molecule has 0 N–H and O–H groups in total. The number of aryl methyl sites for hydroxylation is 2. The molecule has 0 saturated carbocycles. The average molecular weight is 310 g/mol. The minimum Gasteiger partial charge on any atom is -0.379 e. The van der Waals surface area contributed by atoms with E-state index in [9.17, 15) is 8.42 Å². The van der Waals surface area contributed by atoms with Gasteiger partial charge in [0.1, 0.15) is 5.75 Å². The largest absolute Gasteiger partial charge is 0.379 e. The third-order valence-corrected chi connectivity index (χ3v) is 4.44. The second-order valence-corrected chi connectivity index (χ2v) is 6.28. The van der Waals surface area contributed by atoms with E-state index in [1.165, 1.54) is 0 Å². The van der Waals surface area contributed by atoms with E-state index in [-0.39, 0.29) is 0 Å². The molecule has 0 aliphatic carbocycles. The molecule has 0 fully saturated rings. The Morgan fingerprint density at radius 3 is 1.85 bits per heavy atom. The maximum absolute atomic E-state index is 11.8. The molecule has 20 heavy (non-hydrogen) atoms. The maximum atomic E-state index is 11.8. The molecule has 0 aliphatic rings. The molecule has 106 valence electrons. The lowest BCUT2D eigenvalue weighted by atomic mass is 10.2. The Kier molecular flexibility index (Phi) is 5.05. The molecule has 2 aromatic rings. The van der Waals surface area contributed by atoms with Crippen LogP contribution in [-0.4, -0.2) is 8.42 Å². The zero-order chi connectivity index (χ0) is 14.5. The average Bonchev–Trinajstić information content (AvgIpc) is 2.42. The van der Waals surface area contributed by atoms with E-state index in [4.69, 9.17) is 7.81 Å². The molecule has 4 nitrogen and oxygen atoms in total. The van der Waals surface area contributed by atoms with Crippen molar-refractivity contribution in [1.82, 2.24) is 0 Å². The molecule has 0 heterocycles. The number of hydrogen-bond acceptors (Lipinski definition) is 4. The summed E-state index contributed by atoms with van der Waals surface area (Å²) in [6.07, 6.45) is 0. The van der Waals surface area contributed by atoms with Crippen molar-refractivity contribution in [2.45, 2.75) is 18.7 Å². The van der Waals surface area contributed by atoms with Gasteiger partial charge in [-0.2, -0.15) is 7.84 Å². The molecule has 0 saturated heterocycles. The molecule has 2 rings (SSSR count). The molecule has 2 aromatic carbocycles. The standard InChI is InChI=1S/C14H14O4S2/c1-11-3-7-13(8-4-11)17-20(16)18-19(15)14-9-5-12(2)6-10-14/h3-10H,1-2H3. The van der Waals surface area contributed by atoms with E-state index in [0.29, 0.717) is 10.6 Å². The summed E-state index contributed by atoms with van der Waals surface area (Å²) in [6, 6.07) is 13.9. The fraction of sp³-hybridized carbons (Fsp3) is 0.143. The normalized spacial score (nSPS) is 13.7. The van der Waals surface area contributed by atoms with Crippen LogP contribution in [0.4, 0.5) is 0 Å². The lowest BCUT2D eigenvalue weighted by Gasteiger charge is -2.05. The van der Waals surface area contributed by atoms with Gasteiger partial charge in [0.15, 0.2) is 0 Å². The Hall–Kier alpha value is -1.50. The maximum Gasteiger partial charge on any atom is 0.374 e. The van der Waals surface area contributed by atoms with Crippen LogP contribution in [0.1, 0.15) is 11.1 Å². The lowest BCUT2D eigenvalue weighted by Crippen LogP contribution is -2.07. The van der Waals surface area contributed by atoms with E-state index in [1.807, 2.05) is 26.0 Å². The van der Waals surface area contributed by atoms with Crippen LogP contribution in [0.15, 0.2) is 53.4 Å². The van der Waals surface area contributed by atoms with Gasteiger partial charge in [-0.15, -0.1) is 0 Å². The lowest BCUT2D eigenvalue weighted by molar-refractivity contribution is 0.473. The molecule has 0 bridgehead atoms. The van der Waals surface area contributed by atoms with Gasteiger partial charge in [0.2, 0.25) is 11.1 Å². The highest BCUT2D eigenvalue weighted by Crippen LogP contribution is 2.15. The van der Waals surface area contributed by atoms with Crippen LogP contribution < -0.4 is 4.18 Å². The van der Waals surface area contributed by atoms with Gasteiger partial charge >= 0.3 is 11.4 Å². The Bertz CT molecular complexity index is 621. The van der Waals surface area contributed by atoms with E-state index in [2.05, 4.69) is 0 Å². The van der Waals surface area contributed by atoms with Crippen molar-refractivity contribution in [2.24, 2.45) is 0 Å². The number of benzene rings is 2. The Morgan fingerprint density at radius 2 is 1.30 bits per heavy atom. The highest BCUT2D eigenvalue weighted by Gasteiger charge is 2.12. The van der Waals surface area contributed by atoms with Crippen LogP contribution in [-0.2, 0) is 26.1 Å². The molecular formula is C14H14O4S2. The van der Waals surface area contributed by atoms with E-state index >= 15 is 0 Å². The van der Waals surface area contributed by atoms with Crippen LogP contribution in [0.5, 0.6) is 5.75 Å². The zero-order valence-electron chi connectivity index (χ0n) is 11.1. The van der Waals surface area contributed by atoms with Gasteiger partial charge in [-0.1, -0.05) is 35.4 Å². The van der Waals surface area contributed by atoms with Gasteiger partial charge in [-0.05, 0) is 38.1 Å². The summed E-state index contributed by atoms with van der Waals surface area (Å²) in [6.45, 7) is 3.86. The molecule has 0 spiro atoms. The van der Waals surface area contributed by atoms with Crippen LogP contribution in [0.3, 0.4) is 0 Å². The predicted molar refractivity (Wildman–Crippen MR) is 78.6 cm³/mol. The first-order chi connectivity index (χ1) is 9.54. The van der Waals surface area contributed by atoms with Crippen LogP contribution in [0, 0.1) is 13.8 Å². The summed E-state index contributed by atoms with van der Waals surface area (Å²) in [4.78, 5) is 0.441. The summed E-state index contributed by atoms with van der Waals surface area (Å²) in [7, 11) is 0. The van der Waals surface area contributed by atoms with Gasteiger partial charge in [0, 0.05) is 0 Å². The first-order valence-electron chi connectivity index (χ1n) is 5.88. The van der Waals surface area contributed by atoms with Gasteiger partial charge < -0.3 is 4.18 Å². The Morgan fingerprint density at radius 1 is 0.800 bits per heavy atom. The Labute approximate surface area is 123 Å². The predicted octanol–water partition coefficient (Wildman–Crippen LogP) is 3.00. The third-order valence-electron chi connectivity index (χ3n) is 2.52. The van der Waals surface area contributed by atoms with Gasteiger partial charge in [0.25, 0.3) is 0 Å². The van der Waals surface area contributed by atoms with Crippen LogP contribution >= 0.6 is 0 Å². The summed E-state index contributed by atoms with van der Waals surface area (Å²) >= 11 is -3.94. The molecule has 2 unspecified atom stereocenters. The van der Waals surface area contributed by atoms with Crippen molar-refractivity contribution in [2.75, 3.05) is 0 Å². The van der Waals surface area contributed by atoms with Crippen LogP contribution in [0.2, 0.25) is 0 Å². The second kappa shape index (κ2) is 6.78. The van der Waals surface area contributed by atoms with E-state index in [1.54, 1.807) is 36.4 Å². The first kappa shape index (κ1) is 14.9. The number of hydrogen-bond donors (Lipinski definition) is 0. The van der Waals surface area contributed by atoms with E-state index < -0.39 is 22.4 Å². The van der Waals surface area contributed by atoms with Crippen LogP contribution in [0.25, 0.3) is 0 Å². The SMILES string of the molecule is Cc1ccc(OS(=O)OS(=O)c2ccc(C)cc2)cc1. The van der Waals surface area contributed by atoms with E-state index in [0.717, 1.165) is 11.1 Å². The fourth-order valence-electron chi connectivity index (χ4n) is 1.43. The Balaban J connectivity index is 1.95. The molecular weight excluding hydrogens is 296 g/mol. The summed E-state index contributed by atoms with van der Waals surface area (Å²) < 4.78 is 33.3. The summed E-state index contributed by atoms with van der Waals surface area (Å²) in [5, 5.41) is 0. The quantitative estimate of drug-likeness (QED) is 0.852. The van der Waals surface area contributed by atoms with Crippen molar-refractivity contribution in [3.8, 4) is 5.75 Å². The highest BCUT2D eigenvalue weighted by atomic mass is 32.3. The number of rotatable bonds is 5. The molecule has 0 amide bonds. The zero-order valence-corrected chi connectivity index (χ0v) is 12.7. The van der Waals surface area contributed by atoms with Crippen molar-refractivity contribution >= 4 is 22.4 Å². The van der Waals surface area contributed by atoms with Crippen molar-refractivity contribution in [1.29, 1.82) is 0 Å². The van der Waals surface area contributed by atoms with Gasteiger partial charge in [-0.25, -0.2) is 4.21 Å². The smallest absolute Gasteiger partial charge is 0.374 e. The van der Waals surface area contributed by atoms with Crippen molar-refractivity contribution < 1.29 is 16.2 Å². The van der Waals surface area contributed by atoms with Crippen molar-refractivity contribution in [3.05, 3.63) is 59.7 Å². The minimum absolute atomic E-state index is 0.398. The minimum atomic E-state index is -2.11. The fourth-order valence-corrected chi connectivity index (χ4v) is 2.88. The third kappa shape index (κ3) is 4.26. The van der Waals surface area contributed by atoms with Crippen molar-refractivity contribution in [3.63, 3.8) is 0 Å². The molecule has 0 aliphatic heterocycles. The first-order valence-corrected chi connectivity index (χ1v) is 7.96. The van der Waals surface area contributed by atoms with Gasteiger partial charge in [-0.3, -0.25) is 0 Å². The molecule has 2 atom stereocenters.